The second kappa shape index (κ2) is 5.61. The van der Waals surface area contributed by atoms with E-state index < -0.39 is 11.7 Å². The van der Waals surface area contributed by atoms with E-state index in [1.54, 1.807) is 12.1 Å². The lowest BCUT2D eigenvalue weighted by atomic mass is 10.1. The standard InChI is InChI=1S/C18H15F3N4/c1-11-22-15-10-14(12-5-4-6-13(9-12)18(19,20)21)24-16(15)17(23-11)25-7-2-3-8-25/h2-6,9-10,24H,7-8H2,1H3. The van der Waals surface area contributed by atoms with Crippen LogP contribution in [0.3, 0.4) is 0 Å². The van der Waals surface area contributed by atoms with Crippen LogP contribution in [0.1, 0.15) is 11.4 Å². The molecule has 0 saturated carbocycles. The van der Waals surface area contributed by atoms with Crippen molar-refractivity contribution in [1.82, 2.24) is 15.0 Å². The van der Waals surface area contributed by atoms with Crippen LogP contribution in [0, 0.1) is 6.92 Å². The molecule has 0 bridgehead atoms. The number of aryl methyl sites for hydroxylation is 1. The van der Waals surface area contributed by atoms with Gasteiger partial charge in [0.1, 0.15) is 11.3 Å². The minimum absolute atomic E-state index is 0.468. The number of rotatable bonds is 2. The van der Waals surface area contributed by atoms with Crippen molar-refractivity contribution in [3.63, 3.8) is 0 Å². The Morgan fingerprint density at radius 3 is 2.56 bits per heavy atom. The molecule has 1 aromatic carbocycles. The van der Waals surface area contributed by atoms with Crippen LogP contribution in [-0.4, -0.2) is 28.0 Å². The second-order valence-electron chi connectivity index (χ2n) is 5.99. The molecule has 1 N–H and O–H groups in total. The Labute approximate surface area is 142 Å². The van der Waals surface area contributed by atoms with Crippen LogP contribution in [0.4, 0.5) is 19.0 Å². The second-order valence-corrected chi connectivity index (χ2v) is 5.99. The van der Waals surface area contributed by atoms with E-state index in [1.165, 1.54) is 6.07 Å². The van der Waals surface area contributed by atoms with E-state index in [4.69, 9.17) is 0 Å². The van der Waals surface area contributed by atoms with Gasteiger partial charge in [0, 0.05) is 18.8 Å². The molecule has 0 radical (unpaired) electrons. The zero-order valence-corrected chi connectivity index (χ0v) is 13.4. The third-order valence-corrected chi connectivity index (χ3v) is 4.19. The maximum absolute atomic E-state index is 13.0. The van der Waals surface area contributed by atoms with Crippen molar-refractivity contribution in [2.24, 2.45) is 0 Å². The fourth-order valence-corrected chi connectivity index (χ4v) is 3.01. The molecule has 3 aromatic rings. The first-order chi connectivity index (χ1) is 11.9. The number of fused-ring (bicyclic) bond motifs is 1. The molecule has 0 saturated heterocycles. The number of nitrogens with one attached hydrogen (secondary N) is 1. The first kappa shape index (κ1) is 15.7. The number of alkyl halides is 3. The minimum Gasteiger partial charge on any atom is -0.350 e. The molecule has 0 amide bonds. The molecule has 4 nitrogen and oxygen atoms in total. The zero-order valence-electron chi connectivity index (χ0n) is 13.4. The Morgan fingerprint density at radius 2 is 1.84 bits per heavy atom. The zero-order chi connectivity index (χ0) is 17.6. The Morgan fingerprint density at radius 1 is 1.08 bits per heavy atom. The number of halogens is 3. The molecule has 4 rings (SSSR count). The van der Waals surface area contributed by atoms with Gasteiger partial charge in [-0.15, -0.1) is 0 Å². The van der Waals surface area contributed by atoms with Crippen molar-refractivity contribution in [2.75, 3.05) is 18.0 Å². The van der Waals surface area contributed by atoms with Gasteiger partial charge < -0.3 is 9.88 Å². The van der Waals surface area contributed by atoms with Gasteiger partial charge in [-0.2, -0.15) is 13.2 Å². The van der Waals surface area contributed by atoms with E-state index in [1.807, 2.05) is 6.92 Å². The summed E-state index contributed by atoms with van der Waals surface area (Å²) in [6, 6.07) is 7.04. The first-order valence-corrected chi connectivity index (χ1v) is 7.87. The highest BCUT2D eigenvalue weighted by molar-refractivity contribution is 5.91. The van der Waals surface area contributed by atoms with Crippen LogP contribution in [0.5, 0.6) is 0 Å². The Bertz CT molecular complexity index is 964. The Balaban J connectivity index is 1.83. The summed E-state index contributed by atoms with van der Waals surface area (Å²) in [5, 5.41) is 0. The Hall–Kier alpha value is -2.83. The molecule has 1 aliphatic rings. The lowest BCUT2D eigenvalue weighted by molar-refractivity contribution is -0.137. The molecular weight excluding hydrogens is 329 g/mol. The van der Waals surface area contributed by atoms with Crippen LogP contribution >= 0.6 is 0 Å². The van der Waals surface area contributed by atoms with Crippen LogP contribution in [0.2, 0.25) is 0 Å². The van der Waals surface area contributed by atoms with Crippen molar-refractivity contribution >= 4 is 16.9 Å². The van der Waals surface area contributed by atoms with E-state index in [0.29, 0.717) is 22.6 Å². The number of benzene rings is 1. The summed E-state index contributed by atoms with van der Waals surface area (Å²) >= 11 is 0. The lowest BCUT2D eigenvalue weighted by Gasteiger charge is -2.17. The number of H-pyrrole nitrogens is 1. The van der Waals surface area contributed by atoms with Crippen molar-refractivity contribution in [1.29, 1.82) is 0 Å². The molecule has 0 unspecified atom stereocenters. The van der Waals surface area contributed by atoms with E-state index >= 15 is 0 Å². The molecule has 0 spiro atoms. The van der Waals surface area contributed by atoms with Crippen molar-refractivity contribution in [3.8, 4) is 11.3 Å². The SMILES string of the molecule is Cc1nc(N2CC=CC2)c2[nH]c(-c3cccc(C(F)(F)F)c3)cc2n1. The van der Waals surface area contributed by atoms with Gasteiger partial charge in [0.15, 0.2) is 5.82 Å². The largest absolute Gasteiger partial charge is 0.416 e. The molecule has 3 heterocycles. The van der Waals surface area contributed by atoms with Gasteiger partial charge in [-0.3, -0.25) is 0 Å². The molecule has 0 aliphatic carbocycles. The predicted octanol–water partition coefficient (Wildman–Crippen LogP) is 4.33. The van der Waals surface area contributed by atoms with Gasteiger partial charge in [-0.05, 0) is 30.7 Å². The van der Waals surface area contributed by atoms with Crippen molar-refractivity contribution in [3.05, 3.63) is 53.9 Å². The fourth-order valence-electron chi connectivity index (χ4n) is 3.01. The molecule has 25 heavy (non-hydrogen) atoms. The third kappa shape index (κ3) is 2.86. The van der Waals surface area contributed by atoms with E-state index in [0.717, 1.165) is 36.6 Å². The van der Waals surface area contributed by atoms with E-state index in [9.17, 15) is 13.2 Å². The van der Waals surface area contributed by atoms with Crippen molar-refractivity contribution in [2.45, 2.75) is 13.1 Å². The molecular formula is C18H15F3N4. The molecule has 2 aromatic heterocycles. The highest BCUT2D eigenvalue weighted by atomic mass is 19.4. The number of hydrogen-bond donors (Lipinski definition) is 1. The Kier molecular flexibility index (Phi) is 3.52. The highest BCUT2D eigenvalue weighted by Gasteiger charge is 2.30. The molecule has 0 atom stereocenters. The fraction of sp³-hybridized carbons (Fsp3) is 0.222. The van der Waals surface area contributed by atoms with Gasteiger partial charge in [0.05, 0.1) is 11.1 Å². The van der Waals surface area contributed by atoms with E-state index in [-0.39, 0.29) is 0 Å². The molecule has 0 fully saturated rings. The average Bonchev–Trinajstić information content (AvgIpc) is 3.23. The summed E-state index contributed by atoms with van der Waals surface area (Å²) < 4.78 is 38.9. The number of hydrogen-bond acceptors (Lipinski definition) is 3. The van der Waals surface area contributed by atoms with Crippen LogP contribution < -0.4 is 4.90 Å². The van der Waals surface area contributed by atoms with Gasteiger partial charge >= 0.3 is 6.18 Å². The van der Waals surface area contributed by atoms with Gasteiger partial charge in [-0.1, -0.05) is 24.3 Å². The molecule has 1 aliphatic heterocycles. The van der Waals surface area contributed by atoms with Gasteiger partial charge in [0.25, 0.3) is 0 Å². The van der Waals surface area contributed by atoms with Crippen LogP contribution in [0.25, 0.3) is 22.3 Å². The smallest absolute Gasteiger partial charge is 0.350 e. The number of nitrogens with zero attached hydrogens (tertiary/aromatic N) is 3. The maximum atomic E-state index is 13.0. The first-order valence-electron chi connectivity index (χ1n) is 7.87. The number of aromatic nitrogens is 3. The summed E-state index contributed by atoms with van der Waals surface area (Å²) in [7, 11) is 0. The summed E-state index contributed by atoms with van der Waals surface area (Å²) in [6.45, 7) is 3.32. The quantitative estimate of drug-likeness (QED) is 0.704. The predicted molar refractivity (Wildman–Crippen MR) is 90.4 cm³/mol. The summed E-state index contributed by atoms with van der Waals surface area (Å²) in [5.41, 5.74) is 1.82. The summed E-state index contributed by atoms with van der Waals surface area (Å²) in [6.07, 6.45) is -0.259. The third-order valence-electron chi connectivity index (χ3n) is 4.19. The maximum Gasteiger partial charge on any atom is 0.416 e. The number of anilines is 1. The minimum atomic E-state index is -4.37. The topological polar surface area (TPSA) is 44.8 Å². The lowest BCUT2D eigenvalue weighted by Crippen LogP contribution is -2.20. The monoisotopic (exact) mass is 344 g/mol. The molecule has 7 heteroatoms. The van der Waals surface area contributed by atoms with Crippen molar-refractivity contribution < 1.29 is 13.2 Å². The van der Waals surface area contributed by atoms with Gasteiger partial charge in [-0.25, -0.2) is 9.97 Å². The average molecular weight is 344 g/mol. The van der Waals surface area contributed by atoms with Gasteiger partial charge in [0.2, 0.25) is 0 Å². The summed E-state index contributed by atoms with van der Waals surface area (Å²) in [5.74, 6) is 1.40. The van der Waals surface area contributed by atoms with E-state index in [2.05, 4.69) is 32.0 Å². The normalized spacial score (nSPS) is 14.6. The highest BCUT2D eigenvalue weighted by Crippen LogP contribution is 2.34. The summed E-state index contributed by atoms with van der Waals surface area (Å²) in [4.78, 5) is 14.2. The molecule has 128 valence electrons. The van der Waals surface area contributed by atoms with Crippen LogP contribution in [-0.2, 0) is 6.18 Å². The van der Waals surface area contributed by atoms with Crippen LogP contribution in [0.15, 0.2) is 42.5 Å². The number of aromatic amines is 1.